The molecule has 2 saturated heterocycles. The van der Waals surface area contributed by atoms with Crippen molar-refractivity contribution in [2.45, 2.75) is 24.3 Å². The van der Waals surface area contributed by atoms with Gasteiger partial charge in [0.1, 0.15) is 5.82 Å². The van der Waals surface area contributed by atoms with Crippen LogP contribution in [0.2, 0.25) is 0 Å². The van der Waals surface area contributed by atoms with E-state index in [1.165, 1.54) is 22.5 Å². The quantitative estimate of drug-likeness (QED) is 0.455. The number of rotatable bonds is 6. The van der Waals surface area contributed by atoms with Crippen molar-refractivity contribution in [2.24, 2.45) is 5.92 Å². The van der Waals surface area contributed by atoms with Crippen molar-refractivity contribution >= 4 is 21.6 Å². The predicted molar refractivity (Wildman–Crippen MR) is 123 cm³/mol. The van der Waals surface area contributed by atoms with Gasteiger partial charge < -0.3 is 4.90 Å². The van der Waals surface area contributed by atoms with Gasteiger partial charge in [0.2, 0.25) is 15.9 Å². The third-order valence-corrected chi connectivity index (χ3v) is 8.38. The van der Waals surface area contributed by atoms with Gasteiger partial charge in [0.05, 0.1) is 9.82 Å². The molecule has 0 spiro atoms. The van der Waals surface area contributed by atoms with Gasteiger partial charge in [-0.05, 0) is 42.7 Å². The number of carbonyl (C=O) groups excluding carboxylic acids is 1. The van der Waals surface area contributed by atoms with Crippen LogP contribution in [0.3, 0.4) is 0 Å². The number of hydrogen-bond donors (Lipinski definition) is 0. The Morgan fingerprint density at radius 3 is 2.26 bits per heavy atom. The van der Waals surface area contributed by atoms with Gasteiger partial charge in [-0.1, -0.05) is 12.1 Å². The first-order valence-electron chi connectivity index (χ1n) is 11.2. The summed E-state index contributed by atoms with van der Waals surface area (Å²) in [5.74, 6) is -0.662. The normalized spacial score (nSPS) is 18.7. The van der Waals surface area contributed by atoms with E-state index in [1.807, 2.05) is 11.0 Å². The van der Waals surface area contributed by atoms with E-state index in [0.717, 1.165) is 17.7 Å². The highest BCUT2D eigenvalue weighted by Gasteiger charge is 2.34. The summed E-state index contributed by atoms with van der Waals surface area (Å²) in [6, 6.07) is 11.4. The Kier molecular flexibility index (Phi) is 7.24. The Labute approximate surface area is 198 Å². The molecule has 1 amide bonds. The van der Waals surface area contributed by atoms with Gasteiger partial charge in [-0.15, -0.1) is 0 Å². The van der Waals surface area contributed by atoms with E-state index in [1.54, 1.807) is 12.1 Å². The lowest BCUT2D eigenvalue weighted by atomic mass is 9.96. The fourth-order valence-corrected chi connectivity index (χ4v) is 5.98. The van der Waals surface area contributed by atoms with Crippen LogP contribution in [0.25, 0.3) is 0 Å². The summed E-state index contributed by atoms with van der Waals surface area (Å²) in [6.45, 7) is 3.58. The molecule has 0 N–H and O–H groups in total. The number of sulfonamides is 1. The van der Waals surface area contributed by atoms with Crippen LogP contribution >= 0.6 is 0 Å². The highest BCUT2D eigenvalue weighted by atomic mass is 32.2. The molecule has 34 heavy (non-hydrogen) atoms. The number of piperidine rings is 1. The third-order valence-electron chi connectivity index (χ3n) is 6.47. The van der Waals surface area contributed by atoms with Gasteiger partial charge >= 0.3 is 0 Å². The van der Waals surface area contributed by atoms with Gasteiger partial charge in [0, 0.05) is 63.9 Å². The number of carbonyl (C=O) groups is 1. The maximum atomic E-state index is 13.1. The molecule has 0 aliphatic carbocycles. The summed E-state index contributed by atoms with van der Waals surface area (Å²) >= 11 is 0. The molecule has 2 aliphatic heterocycles. The van der Waals surface area contributed by atoms with Crippen LogP contribution in [0.15, 0.2) is 53.4 Å². The fourth-order valence-electron chi connectivity index (χ4n) is 4.51. The summed E-state index contributed by atoms with van der Waals surface area (Å²) in [5.41, 5.74) is 0.933. The van der Waals surface area contributed by atoms with Crippen LogP contribution in [0, 0.1) is 21.8 Å². The second kappa shape index (κ2) is 10.2. The van der Waals surface area contributed by atoms with E-state index >= 15 is 0 Å². The number of hydrogen-bond acceptors (Lipinski definition) is 6. The van der Waals surface area contributed by atoms with Crippen LogP contribution in [0.5, 0.6) is 0 Å². The van der Waals surface area contributed by atoms with Crippen molar-refractivity contribution < 1.29 is 22.5 Å². The molecule has 0 bridgehead atoms. The highest BCUT2D eigenvalue weighted by molar-refractivity contribution is 7.89. The average Bonchev–Trinajstić information content (AvgIpc) is 2.84. The van der Waals surface area contributed by atoms with Crippen LogP contribution in [0.1, 0.15) is 18.4 Å². The summed E-state index contributed by atoms with van der Waals surface area (Å²) in [4.78, 5) is 27.6. The van der Waals surface area contributed by atoms with E-state index in [4.69, 9.17) is 0 Å². The molecule has 2 aliphatic rings. The maximum Gasteiger partial charge on any atom is 0.269 e. The Hall–Kier alpha value is -2.89. The smallest absolute Gasteiger partial charge is 0.269 e. The lowest BCUT2D eigenvalue weighted by Crippen LogP contribution is -2.51. The predicted octanol–water partition coefficient (Wildman–Crippen LogP) is 2.48. The van der Waals surface area contributed by atoms with Crippen molar-refractivity contribution in [1.82, 2.24) is 14.1 Å². The first-order valence-corrected chi connectivity index (χ1v) is 12.7. The molecule has 0 aromatic heterocycles. The van der Waals surface area contributed by atoms with Crippen LogP contribution in [-0.2, 0) is 21.4 Å². The molecule has 2 fully saturated rings. The first kappa shape index (κ1) is 24.2. The van der Waals surface area contributed by atoms with Crippen molar-refractivity contribution in [3.8, 4) is 0 Å². The molecule has 2 heterocycles. The Balaban J connectivity index is 1.27. The van der Waals surface area contributed by atoms with Gasteiger partial charge in [-0.2, -0.15) is 4.31 Å². The number of piperazine rings is 1. The summed E-state index contributed by atoms with van der Waals surface area (Å²) in [7, 11) is -3.71. The van der Waals surface area contributed by atoms with Crippen LogP contribution in [0.4, 0.5) is 10.1 Å². The summed E-state index contributed by atoms with van der Waals surface area (Å²) in [5, 5.41) is 11.0. The second-order valence-corrected chi connectivity index (χ2v) is 10.6. The van der Waals surface area contributed by atoms with Gasteiger partial charge in [0.25, 0.3) is 5.69 Å². The molecule has 2 aromatic rings. The number of nitro benzene ring substituents is 1. The average molecular weight is 491 g/mol. The van der Waals surface area contributed by atoms with Crippen molar-refractivity contribution in [3.63, 3.8) is 0 Å². The highest BCUT2D eigenvalue weighted by Crippen LogP contribution is 2.26. The minimum atomic E-state index is -3.71. The molecule has 11 heteroatoms. The molecule has 0 saturated carbocycles. The Morgan fingerprint density at radius 1 is 1.00 bits per heavy atom. The van der Waals surface area contributed by atoms with Gasteiger partial charge in [-0.25, -0.2) is 12.8 Å². The summed E-state index contributed by atoms with van der Waals surface area (Å²) < 4.78 is 40.1. The number of nitro groups is 1. The standard InChI is InChI=1S/C23H27FN4O5S/c24-20-4-6-22(7-5-20)34(32,33)27-10-8-19(9-11-27)23(29)26-14-12-25(13-15-26)17-18-2-1-3-21(16-18)28(30)31/h1-7,16,19H,8-15,17H2. The zero-order chi connectivity index (χ0) is 24.3. The molecule has 0 atom stereocenters. The number of benzene rings is 2. The fraction of sp³-hybridized carbons (Fsp3) is 0.435. The zero-order valence-electron chi connectivity index (χ0n) is 18.7. The molecular weight excluding hydrogens is 463 g/mol. The number of amides is 1. The second-order valence-electron chi connectivity index (χ2n) is 8.66. The number of halogens is 1. The molecule has 9 nitrogen and oxygen atoms in total. The van der Waals surface area contributed by atoms with Gasteiger partial charge in [0.15, 0.2) is 0 Å². The van der Waals surface area contributed by atoms with E-state index in [-0.39, 0.29) is 35.5 Å². The molecule has 0 radical (unpaired) electrons. The van der Waals surface area contributed by atoms with Crippen molar-refractivity contribution in [1.29, 1.82) is 0 Å². The Morgan fingerprint density at radius 2 is 1.65 bits per heavy atom. The minimum absolute atomic E-state index is 0.0498. The lowest BCUT2D eigenvalue weighted by molar-refractivity contribution is -0.384. The van der Waals surface area contributed by atoms with E-state index in [0.29, 0.717) is 45.6 Å². The molecule has 182 valence electrons. The third kappa shape index (κ3) is 5.43. The first-order chi connectivity index (χ1) is 16.2. The lowest BCUT2D eigenvalue weighted by Gasteiger charge is -2.38. The maximum absolute atomic E-state index is 13.1. The van der Waals surface area contributed by atoms with E-state index in [9.17, 15) is 27.7 Å². The van der Waals surface area contributed by atoms with Crippen molar-refractivity contribution in [3.05, 3.63) is 70.0 Å². The van der Waals surface area contributed by atoms with Crippen molar-refractivity contribution in [2.75, 3.05) is 39.3 Å². The zero-order valence-corrected chi connectivity index (χ0v) is 19.5. The molecule has 0 unspecified atom stereocenters. The molecule has 2 aromatic carbocycles. The molecule has 4 rings (SSSR count). The van der Waals surface area contributed by atoms with E-state index < -0.39 is 20.8 Å². The Bertz CT molecular complexity index is 1140. The monoisotopic (exact) mass is 490 g/mol. The minimum Gasteiger partial charge on any atom is -0.340 e. The van der Waals surface area contributed by atoms with Crippen LogP contribution in [-0.4, -0.2) is 72.6 Å². The topological polar surface area (TPSA) is 104 Å². The number of nitrogens with zero attached hydrogens (tertiary/aromatic N) is 4. The van der Waals surface area contributed by atoms with Crippen LogP contribution < -0.4 is 0 Å². The van der Waals surface area contributed by atoms with E-state index in [2.05, 4.69) is 4.90 Å². The molecular formula is C23H27FN4O5S. The van der Waals surface area contributed by atoms with Gasteiger partial charge in [-0.3, -0.25) is 19.8 Å². The number of non-ortho nitro benzene ring substituents is 1. The summed E-state index contributed by atoms with van der Waals surface area (Å²) in [6.07, 6.45) is 0.903. The largest absolute Gasteiger partial charge is 0.340 e. The SMILES string of the molecule is O=C(C1CCN(S(=O)(=O)c2ccc(F)cc2)CC1)N1CCN(Cc2cccc([N+](=O)[O-])c2)CC1.